The Hall–Kier alpha value is -2.68. The number of allylic oxidation sites excluding steroid dienone is 1. The number of aryl methyl sites for hydroxylation is 1. The fraction of sp³-hybridized carbons (Fsp3) is 0.143. The number of alkyl halides is 2. The van der Waals surface area contributed by atoms with E-state index < -0.39 is 6.61 Å². The highest BCUT2D eigenvalue weighted by Gasteiger charge is 2.05. The van der Waals surface area contributed by atoms with Gasteiger partial charge in [0.1, 0.15) is 5.75 Å². The SMILES string of the molecule is C=CCCc1ccc2cc(-c3ccc(OC(F)F)cc3)ccc2c1. The van der Waals surface area contributed by atoms with Gasteiger partial charge in [0.25, 0.3) is 0 Å². The Morgan fingerprint density at radius 3 is 2.25 bits per heavy atom. The number of hydrogen-bond acceptors (Lipinski definition) is 1. The van der Waals surface area contributed by atoms with E-state index in [9.17, 15) is 8.78 Å². The van der Waals surface area contributed by atoms with E-state index in [2.05, 4.69) is 41.6 Å². The number of fused-ring (bicyclic) bond motifs is 1. The van der Waals surface area contributed by atoms with Crippen molar-refractivity contribution in [2.45, 2.75) is 19.5 Å². The minimum Gasteiger partial charge on any atom is -0.435 e. The zero-order chi connectivity index (χ0) is 16.9. The van der Waals surface area contributed by atoms with Crippen LogP contribution in [0.2, 0.25) is 0 Å². The highest BCUT2D eigenvalue weighted by Crippen LogP contribution is 2.27. The van der Waals surface area contributed by atoms with Gasteiger partial charge in [0.15, 0.2) is 0 Å². The molecular formula is C21H18F2O. The molecule has 3 rings (SSSR count). The zero-order valence-electron chi connectivity index (χ0n) is 13.2. The van der Waals surface area contributed by atoms with Crippen molar-refractivity contribution in [3.63, 3.8) is 0 Å². The lowest BCUT2D eigenvalue weighted by atomic mass is 9.99. The summed E-state index contributed by atoms with van der Waals surface area (Å²) >= 11 is 0. The molecule has 0 radical (unpaired) electrons. The van der Waals surface area contributed by atoms with Gasteiger partial charge in [-0.25, -0.2) is 0 Å². The molecule has 0 bridgehead atoms. The van der Waals surface area contributed by atoms with Crippen LogP contribution < -0.4 is 4.74 Å². The van der Waals surface area contributed by atoms with E-state index in [1.807, 2.05) is 12.1 Å². The van der Waals surface area contributed by atoms with E-state index >= 15 is 0 Å². The molecule has 0 saturated carbocycles. The minimum atomic E-state index is -2.80. The number of rotatable bonds is 6. The van der Waals surface area contributed by atoms with Crippen LogP contribution >= 0.6 is 0 Å². The molecule has 0 aliphatic heterocycles. The smallest absolute Gasteiger partial charge is 0.387 e. The van der Waals surface area contributed by atoms with Gasteiger partial charge in [0.2, 0.25) is 0 Å². The fourth-order valence-electron chi connectivity index (χ4n) is 2.73. The van der Waals surface area contributed by atoms with Crippen LogP contribution in [0.25, 0.3) is 21.9 Å². The molecule has 0 atom stereocenters. The molecule has 0 N–H and O–H groups in total. The maximum absolute atomic E-state index is 12.2. The molecule has 0 saturated heterocycles. The molecule has 0 amide bonds. The minimum absolute atomic E-state index is 0.168. The van der Waals surface area contributed by atoms with E-state index in [4.69, 9.17) is 0 Å². The molecule has 0 aliphatic rings. The van der Waals surface area contributed by atoms with Gasteiger partial charge in [0.05, 0.1) is 0 Å². The van der Waals surface area contributed by atoms with Crippen LogP contribution in [0.4, 0.5) is 8.78 Å². The second-order valence-corrected chi connectivity index (χ2v) is 5.63. The molecule has 0 spiro atoms. The third kappa shape index (κ3) is 3.80. The summed E-state index contributed by atoms with van der Waals surface area (Å²) in [6, 6.07) is 19.4. The number of benzene rings is 3. The van der Waals surface area contributed by atoms with Gasteiger partial charge in [-0.1, -0.05) is 48.5 Å². The van der Waals surface area contributed by atoms with Crippen LogP contribution in [0.5, 0.6) is 5.75 Å². The Labute approximate surface area is 140 Å². The molecule has 0 heterocycles. The normalized spacial score (nSPS) is 11.0. The van der Waals surface area contributed by atoms with Crippen LogP contribution in [0, 0.1) is 0 Å². The summed E-state index contributed by atoms with van der Waals surface area (Å²) in [6.07, 6.45) is 3.89. The van der Waals surface area contributed by atoms with Crippen LogP contribution in [-0.2, 0) is 6.42 Å². The van der Waals surface area contributed by atoms with Crippen LogP contribution in [0.3, 0.4) is 0 Å². The number of halogens is 2. The van der Waals surface area contributed by atoms with Gasteiger partial charge in [-0.15, -0.1) is 6.58 Å². The molecule has 3 aromatic rings. The van der Waals surface area contributed by atoms with Gasteiger partial charge in [-0.05, 0) is 58.5 Å². The maximum atomic E-state index is 12.2. The Kier molecular flexibility index (Phi) is 4.90. The first-order valence-corrected chi connectivity index (χ1v) is 7.84. The lowest BCUT2D eigenvalue weighted by molar-refractivity contribution is -0.0498. The predicted octanol–water partition coefficient (Wildman–Crippen LogP) is 6.23. The van der Waals surface area contributed by atoms with Crippen molar-refractivity contribution < 1.29 is 13.5 Å². The summed E-state index contributed by atoms with van der Waals surface area (Å²) in [5.41, 5.74) is 3.31. The zero-order valence-corrected chi connectivity index (χ0v) is 13.2. The van der Waals surface area contributed by atoms with Crippen molar-refractivity contribution in [3.05, 3.63) is 78.9 Å². The summed E-state index contributed by atoms with van der Waals surface area (Å²) in [6.45, 7) is 0.955. The van der Waals surface area contributed by atoms with E-state index in [1.165, 1.54) is 10.9 Å². The standard InChI is InChI=1S/C21H18F2O/c1-2-3-4-15-5-6-19-14-18(8-7-17(19)13-15)16-9-11-20(12-10-16)24-21(22)23/h2,5-14,21H,1,3-4H2. The maximum Gasteiger partial charge on any atom is 0.387 e. The summed E-state index contributed by atoms with van der Waals surface area (Å²) in [4.78, 5) is 0. The molecule has 0 unspecified atom stereocenters. The van der Waals surface area contributed by atoms with Crippen molar-refractivity contribution in [1.29, 1.82) is 0 Å². The first-order valence-electron chi connectivity index (χ1n) is 7.84. The fourth-order valence-corrected chi connectivity index (χ4v) is 2.73. The lowest BCUT2D eigenvalue weighted by Crippen LogP contribution is -2.01. The van der Waals surface area contributed by atoms with Gasteiger partial charge < -0.3 is 4.74 Å². The molecule has 1 nitrogen and oxygen atoms in total. The number of hydrogen-bond donors (Lipinski definition) is 0. The van der Waals surface area contributed by atoms with Crippen molar-refractivity contribution >= 4 is 10.8 Å². The Balaban J connectivity index is 1.86. The molecule has 0 fully saturated rings. The van der Waals surface area contributed by atoms with Crippen LogP contribution in [-0.4, -0.2) is 6.61 Å². The highest BCUT2D eigenvalue weighted by atomic mass is 19.3. The second kappa shape index (κ2) is 7.26. The van der Waals surface area contributed by atoms with Gasteiger partial charge in [0, 0.05) is 0 Å². The predicted molar refractivity (Wildman–Crippen MR) is 94.5 cm³/mol. The van der Waals surface area contributed by atoms with Crippen molar-refractivity contribution in [1.82, 2.24) is 0 Å². The molecule has 3 heteroatoms. The van der Waals surface area contributed by atoms with E-state index in [0.717, 1.165) is 29.4 Å². The third-order valence-corrected chi connectivity index (χ3v) is 3.95. The van der Waals surface area contributed by atoms with Gasteiger partial charge in [-0.2, -0.15) is 8.78 Å². The highest BCUT2D eigenvalue weighted by molar-refractivity contribution is 5.87. The molecule has 122 valence electrons. The Morgan fingerprint density at radius 1 is 0.875 bits per heavy atom. The Morgan fingerprint density at radius 2 is 1.54 bits per heavy atom. The summed E-state index contributed by atoms with van der Waals surface area (Å²) in [7, 11) is 0. The molecule has 0 aliphatic carbocycles. The summed E-state index contributed by atoms with van der Waals surface area (Å²) in [5.74, 6) is 0.168. The average molecular weight is 324 g/mol. The Bertz CT molecular complexity index is 838. The van der Waals surface area contributed by atoms with E-state index in [-0.39, 0.29) is 5.75 Å². The lowest BCUT2D eigenvalue weighted by Gasteiger charge is -2.08. The van der Waals surface area contributed by atoms with E-state index in [1.54, 1.807) is 24.3 Å². The number of ether oxygens (including phenoxy) is 1. The van der Waals surface area contributed by atoms with Crippen molar-refractivity contribution in [2.75, 3.05) is 0 Å². The molecule has 0 aromatic heterocycles. The van der Waals surface area contributed by atoms with Gasteiger partial charge >= 0.3 is 6.61 Å². The summed E-state index contributed by atoms with van der Waals surface area (Å²) in [5, 5.41) is 2.35. The van der Waals surface area contributed by atoms with E-state index in [0.29, 0.717) is 0 Å². The molecule has 3 aromatic carbocycles. The summed E-state index contributed by atoms with van der Waals surface area (Å²) < 4.78 is 28.8. The first-order chi connectivity index (χ1) is 11.7. The van der Waals surface area contributed by atoms with Crippen molar-refractivity contribution in [3.8, 4) is 16.9 Å². The molecular weight excluding hydrogens is 306 g/mol. The third-order valence-electron chi connectivity index (χ3n) is 3.95. The largest absolute Gasteiger partial charge is 0.435 e. The van der Waals surface area contributed by atoms with Crippen LogP contribution in [0.15, 0.2) is 73.3 Å². The first kappa shape index (κ1) is 16.2. The second-order valence-electron chi connectivity index (χ2n) is 5.63. The topological polar surface area (TPSA) is 9.23 Å². The molecule has 24 heavy (non-hydrogen) atoms. The monoisotopic (exact) mass is 324 g/mol. The van der Waals surface area contributed by atoms with Crippen LogP contribution in [0.1, 0.15) is 12.0 Å². The quantitative estimate of drug-likeness (QED) is 0.489. The average Bonchev–Trinajstić information content (AvgIpc) is 2.59. The van der Waals surface area contributed by atoms with Crippen molar-refractivity contribution in [2.24, 2.45) is 0 Å². The van der Waals surface area contributed by atoms with Gasteiger partial charge in [-0.3, -0.25) is 0 Å².